The van der Waals surface area contributed by atoms with Gasteiger partial charge in [-0.3, -0.25) is 9.78 Å². The highest BCUT2D eigenvalue weighted by Gasteiger charge is 2.00. The van der Waals surface area contributed by atoms with Gasteiger partial charge >= 0.3 is 5.69 Å². The van der Waals surface area contributed by atoms with Crippen LogP contribution in [0.4, 0.5) is 4.39 Å². The molecule has 0 radical (unpaired) electrons. The zero-order valence-electron chi connectivity index (χ0n) is 5.72. The van der Waals surface area contributed by atoms with E-state index in [1.54, 1.807) is 4.98 Å². The van der Waals surface area contributed by atoms with Crippen LogP contribution in [0.3, 0.4) is 0 Å². The summed E-state index contributed by atoms with van der Waals surface area (Å²) >= 11 is 0. The zero-order valence-corrected chi connectivity index (χ0v) is 5.72. The summed E-state index contributed by atoms with van der Waals surface area (Å²) in [6.07, 6.45) is 0.779. The fourth-order valence-electron chi connectivity index (χ4n) is 0.614. The van der Waals surface area contributed by atoms with Crippen LogP contribution in [0.15, 0.2) is 15.8 Å². The number of hydrogen-bond donors (Lipinski definition) is 2. The number of hydrogen-bond acceptors (Lipinski definition) is 3. The molecule has 0 saturated carbocycles. The molecule has 0 amide bonds. The normalized spacial score (nSPS) is 9.64. The topological polar surface area (TPSA) is 66.9 Å². The number of halogens is 1. The summed E-state index contributed by atoms with van der Waals surface area (Å²) in [4.78, 5) is 22.9. The Bertz CT molecular complexity index is 367. The standard InChI is InChI=1S/C5H6FN3O2/c1-7-9-2-3(6)4(10)8-5(9)11/h2,7H,1H3,(H,8,10,11). The smallest absolute Gasteiger partial charge is 0.325 e. The molecule has 0 spiro atoms. The summed E-state index contributed by atoms with van der Waals surface area (Å²) in [5, 5.41) is 0. The number of nitrogens with one attached hydrogen (secondary N) is 2. The fraction of sp³-hybridized carbons (Fsp3) is 0.200. The zero-order chi connectivity index (χ0) is 8.43. The highest BCUT2D eigenvalue weighted by Crippen LogP contribution is 1.78. The molecule has 1 aromatic heterocycles. The molecule has 0 aliphatic heterocycles. The highest BCUT2D eigenvalue weighted by molar-refractivity contribution is 4.88. The lowest BCUT2D eigenvalue weighted by Gasteiger charge is -2.00. The van der Waals surface area contributed by atoms with E-state index in [1.165, 1.54) is 7.05 Å². The van der Waals surface area contributed by atoms with E-state index in [4.69, 9.17) is 0 Å². The van der Waals surface area contributed by atoms with Crippen molar-refractivity contribution in [3.63, 3.8) is 0 Å². The Kier molecular flexibility index (Phi) is 1.75. The van der Waals surface area contributed by atoms with E-state index in [-0.39, 0.29) is 0 Å². The van der Waals surface area contributed by atoms with Gasteiger partial charge in [-0.05, 0) is 0 Å². The maximum absolute atomic E-state index is 12.4. The Balaban J connectivity index is 3.45. The third kappa shape index (κ3) is 1.28. The number of rotatable bonds is 1. The lowest BCUT2D eigenvalue weighted by molar-refractivity contribution is 0.579. The first-order valence-corrected chi connectivity index (χ1v) is 2.84. The van der Waals surface area contributed by atoms with Gasteiger partial charge in [-0.15, -0.1) is 0 Å². The van der Waals surface area contributed by atoms with Crippen LogP contribution < -0.4 is 16.7 Å². The van der Waals surface area contributed by atoms with Crippen molar-refractivity contribution in [3.05, 3.63) is 32.9 Å². The number of aromatic nitrogens is 2. The minimum atomic E-state index is -1.01. The van der Waals surface area contributed by atoms with E-state index in [1.807, 2.05) is 0 Å². The Hall–Kier alpha value is -1.59. The molecule has 1 heterocycles. The summed E-state index contributed by atoms with van der Waals surface area (Å²) < 4.78 is 13.2. The average Bonchev–Trinajstić information content (AvgIpc) is 1.97. The van der Waals surface area contributed by atoms with Gasteiger partial charge in [-0.25, -0.2) is 9.47 Å². The lowest BCUT2D eigenvalue weighted by Crippen LogP contribution is -2.34. The van der Waals surface area contributed by atoms with Crippen molar-refractivity contribution in [3.8, 4) is 0 Å². The largest absolute Gasteiger partial charge is 0.347 e. The number of H-pyrrole nitrogens is 1. The van der Waals surface area contributed by atoms with Gasteiger partial charge in [-0.1, -0.05) is 0 Å². The van der Waals surface area contributed by atoms with Crippen LogP contribution in [-0.4, -0.2) is 16.7 Å². The molecular weight excluding hydrogens is 153 g/mol. The molecule has 0 aliphatic carbocycles. The van der Waals surface area contributed by atoms with Gasteiger partial charge < -0.3 is 5.43 Å². The van der Waals surface area contributed by atoms with Crippen LogP contribution in [0, 0.1) is 5.82 Å². The van der Waals surface area contributed by atoms with E-state index in [0.717, 1.165) is 10.9 Å². The van der Waals surface area contributed by atoms with Crippen LogP contribution in [0.1, 0.15) is 0 Å². The first-order chi connectivity index (χ1) is 5.15. The van der Waals surface area contributed by atoms with Gasteiger partial charge in [0.05, 0.1) is 6.20 Å². The van der Waals surface area contributed by atoms with Crippen molar-refractivity contribution in [1.82, 2.24) is 9.66 Å². The summed E-state index contributed by atoms with van der Waals surface area (Å²) in [6.45, 7) is 0. The van der Waals surface area contributed by atoms with Crippen molar-refractivity contribution >= 4 is 0 Å². The number of aromatic amines is 1. The van der Waals surface area contributed by atoms with Crippen LogP contribution in [-0.2, 0) is 0 Å². The second kappa shape index (κ2) is 2.57. The SMILES string of the molecule is CNn1cc(F)c(=O)[nH]c1=O. The van der Waals surface area contributed by atoms with Crippen molar-refractivity contribution in [2.24, 2.45) is 0 Å². The second-order valence-electron chi connectivity index (χ2n) is 1.83. The van der Waals surface area contributed by atoms with Crippen molar-refractivity contribution in [1.29, 1.82) is 0 Å². The van der Waals surface area contributed by atoms with Crippen molar-refractivity contribution < 1.29 is 4.39 Å². The molecule has 0 aromatic carbocycles. The van der Waals surface area contributed by atoms with Crippen molar-refractivity contribution in [2.75, 3.05) is 12.5 Å². The average molecular weight is 159 g/mol. The Labute approximate surface area is 60.5 Å². The Morgan fingerprint density at radius 2 is 2.27 bits per heavy atom. The number of nitrogens with zero attached hydrogens (tertiary/aromatic N) is 1. The maximum Gasteiger partial charge on any atom is 0.347 e. The molecule has 0 bridgehead atoms. The minimum Gasteiger partial charge on any atom is -0.325 e. The molecule has 2 N–H and O–H groups in total. The summed E-state index contributed by atoms with van der Waals surface area (Å²) in [5.41, 5.74) is 0.649. The van der Waals surface area contributed by atoms with Crippen LogP contribution in [0.25, 0.3) is 0 Å². The first kappa shape index (κ1) is 7.52. The summed E-state index contributed by atoms with van der Waals surface area (Å²) in [7, 11) is 1.43. The summed E-state index contributed by atoms with van der Waals surface area (Å²) in [6, 6.07) is 0. The van der Waals surface area contributed by atoms with Crippen molar-refractivity contribution in [2.45, 2.75) is 0 Å². The van der Waals surface area contributed by atoms with Gasteiger partial charge in [0, 0.05) is 7.05 Å². The maximum atomic E-state index is 12.4. The molecule has 0 aliphatic rings. The molecule has 11 heavy (non-hydrogen) atoms. The third-order valence-electron chi connectivity index (χ3n) is 1.14. The molecule has 1 aromatic rings. The van der Waals surface area contributed by atoms with Gasteiger partial charge in [0.2, 0.25) is 5.82 Å². The molecule has 0 fully saturated rings. The molecule has 60 valence electrons. The van der Waals surface area contributed by atoms with Crippen LogP contribution >= 0.6 is 0 Å². The molecule has 5 nitrogen and oxygen atoms in total. The Morgan fingerprint density at radius 1 is 1.64 bits per heavy atom. The molecule has 0 atom stereocenters. The van der Waals surface area contributed by atoms with E-state index in [9.17, 15) is 14.0 Å². The monoisotopic (exact) mass is 159 g/mol. The first-order valence-electron chi connectivity index (χ1n) is 2.84. The minimum absolute atomic E-state index is 0.695. The lowest BCUT2D eigenvalue weighted by atomic mass is 10.6. The molecule has 1 rings (SSSR count). The van der Waals surface area contributed by atoms with E-state index in [0.29, 0.717) is 0 Å². The molecule has 0 unspecified atom stereocenters. The predicted octanol–water partition coefficient (Wildman–Crippen LogP) is -1.15. The van der Waals surface area contributed by atoms with Gasteiger partial charge in [0.25, 0.3) is 5.56 Å². The van der Waals surface area contributed by atoms with Gasteiger partial charge in [-0.2, -0.15) is 4.39 Å². The van der Waals surface area contributed by atoms with E-state index < -0.39 is 17.1 Å². The quantitative estimate of drug-likeness (QED) is 0.543. The fourth-order valence-corrected chi connectivity index (χ4v) is 0.614. The summed E-state index contributed by atoms with van der Waals surface area (Å²) in [5.74, 6) is -1.00. The van der Waals surface area contributed by atoms with Gasteiger partial charge in [0.1, 0.15) is 0 Å². The highest BCUT2D eigenvalue weighted by atomic mass is 19.1. The molecular formula is C5H6FN3O2. The van der Waals surface area contributed by atoms with Gasteiger partial charge in [0.15, 0.2) is 0 Å². The van der Waals surface area contributed by atoms with E-state index >= 15 is 0 Å². The van der Waals surface area contributed by atoms with E-state index in [2.05, 4.69) is 5.43 Å². The predicted molar refractivity (Wildman–Crippen MR) is 36.6 cm³/mol. The molecule has 0 saturated heterocycles. The third-order valence-corrected chi connectivity index (χ3v) is 1.14. The molecule has 6 heteroatoms. The van der Waals surface area contributed by atoms with Crippen LogP contribution in [0.2, 0.25) is 0 Å². The second-order valence-corrected chi connectivity index (χ2v) is 1.83. The van der Waals surface area contributed by atoms with Crippen LogP contribution in [0.5, 0.6) is 0 Å². The Morgan fingerprint density at radius 3 is 2.82 bits per heavy atom.